The summed E-state index contributed by atoms with van der Waals surface area (Å²) >= 11 is 0. The molecule has 31 heavy (non-hydrogen) atoms. The van der Waals surface area contributed by atoms with Crippen molar-refractivity contribution in [3.63, 3.8) is 0 Å². The Hall–Kier alpha value is -2.20. The van der Waals surface area contributed by atoms with Gasteiger partial charge in [0.25, 0.3) is 5.91 Å². The minimum Gasteiger partial charge on any atom is -0.475 e. The SMILES string of the molecule is O=C(O)C(F)(F)F.O=C(c1ccccc1F)N1CC[C@H]2[C@H]1CCN2CC1CCOCC1. The summed E-state index contributed by atoms with van der Waals surface area (Å²) in [5.41, 5.74) is 0.209. The molecule has 10 heteroatoms. The molecule has 1 aromatic carbocycles. The van der Waals surface area contributed by atoms with Crippen molar-refractivity contribution in [2.45, 2.75) is 43.9 Å². The van der Waals surface area contributed by atoms with Crippen LogP contribution in [0, 0.1) is 11.7 Å². The fourth-order valence-electron chi connectivity index (χ4n) is 4.60. The van der Waals surface area contributed by atoms with E-state index in [4.69, 9.17) is 14.6 Å². The average molecular weight is 446 g/mol. The van der Waals surface area contributed by atoms with Crippen LogP contribution in [0.25, 0.3) is 0 Å². The Labute approximate surface area is 177 Å². The van der Waals surface area contributed by atoms with E-state index in [9.17, 15) is 22.4 Å². The van der Waals surface area contributed by atoms with Crippen molar-refractivity contribution in [3.05, 3.63) is 35.6 Å². The lowest BCUT2D eigenvalue weighted by molar-refractivity contribution is -0.192. The van der Waals surface area contributed by atoms with E-state index in [1.54, 1.807) is 18.2 Å². The number of carbonyl (C=O) groups excluding carboxylic acids is 1. The third kappa shape index (κ3) is 5.74. The van der Waals surface area contributed by atoms with E-state index < -0.39 is 18.0 Å². The van der Waals surface area contributed by atoms with Crippen LogP contribution in [-0.4, -0.2) is 77.9 Å². The molecule has 0 radical (unpaired) electrons. The third-order valence-corrected chi connectivity index (χ3v) is 6.13. The lowest BCUT2D eigenvalue weighted by Crippen LogP contribution is -2.41. The molecule has 0 bridgehead atoms. The maximum Gasteiger partial charge on any atom is 0.490 e. The van der Waals surface area contributed by atoms with Crippen LogP contribution in [0.5, 0.6) is 0 Å². The molecule has 172 valence electrons. The van der Waals surface area contributed by atoms with Gasteiger partial charge in [-0.2, -0.15) is 13.2 Å². The number of benzene rings is 1. The standard InChI is InChI=1S/C19H25FN2O2.C2HF3O2/c20-16-4-2-1-3-15(16)19(23)22-10-6-17-18(22)5-9-21(17)13-14-7-11-24-12-8-14;3-2(4,5)1(6)7/h1-4,14,17-18H,5-13H2;(H,6,7)/t17-,18+;/m0./s1. The van der Waals surface area contributed by atoms with Crippen molar-refractivity contribution < 1.29 is 37.0 Å². The molecule has 0 spiro atoms. The number of hydrogen-bond acceptors (Lipinski definition) is 4. The van der Waals surface area contributed by atoms with Crippen LogP contribution in [-0.2, 0) is 9.53 Å². The van der Waals surface area contributed by atoms with Gasteiger partial charge in [-0.05, 0) is 43.7 Å². The molecule has 3 heterocycles. The minimum absolute atomic E-state index is 0.145. The van der Waals surface area contributed by atoms with Gasteiger partial charge in [0.15, 0.2) is 0 Å². The lowest BCUT2D eigenvalue weighted by atomic mass is 9.99. The second kappa shape index (κ2) is 9.95. The Balaban J connectivity index is 0.000000339. The zero-order valence-electron chi connectivity index (χ0n) is 17.0. The fraction of sp³-hybridized carbons (Fsp3) is 0.619. The van der Waals surface area contributed by atoms with Gasteiger partial charge >= 0.3 is 12.1 Å². The highest BCUT2D eigenvalue weighted by Gasteiger charge is 2.45. The van der Waals surface area contributed by atoms with Crippen LogP contribution in [0.4, 0.5) is 17.6 Å². The highest BCUT2D eigenvalue weighted by molar-refractivity contribution is 5.95. The van der Waals surface area contributed by atoms with E-state index in [-0.39, 0.29) is 17.5 Å². The summed E-state index contributed by atoms with van der Waals surface area (Å²) < 4.78 is 51.1. The van der Waals surface area contributed by atoms with Crippen LogP contribution in [0.1, 0.15) is 36.0 Å². The van der Waals surface area contributed by atoms with Crippen molar-refractivity contribution in [1.29, 1.82) is 0 Å². The number of rotatable bonds is 3. The molecule has 1 N–H and O–H groups in total. The first-order valence-electron chi connectivity index (χ1n) is 10.4. The van der Waals surface area contributed by atoms with Gasteiger partial charge in [0.1, 0.15) is 5.82 Å². The predicted octanol–water partition coefficient (Wildman–Crippen LogP) is 3.17. The summed E-state index contributed by atoms with van der Waals surface area (Å²) in [5, 5.41) is 7.12. The van der Waals surface area contributed by atoms with E-state index in [2.05, 4.69) is 4.90 Å². The smallest absolute Gasteiger partial charge is 0.475 e. The van der Waals surface area contributed by atoms with Crippen molar-refractivity contribution in [3.8, 4) is 0 Å². The second-order valence-corrected chi connectivity index (χ2v) is 8.04. The first kappa shape index (κ1) is 23.5. The molecule has 3 fully saturated rings. The molecule has 0 aliphatic carbocycles. The third-order valence-electron chi connectivity index (χ3n) is 6.13. The number of likely N-dealkylation sites (tertiary alicyclic amines) is 2. The first-order chi connectivity index (χ1) is 14.7. The molecule has 4 rings (SSSR count). The molecular weight excluding hydrogens is 420 g/mol. The largest absolute Gasteiger partial charge is 0.490 e. The molecule has 6 nitrogen and oxygen atoms in total. The average Bonchev–Trinajstić information content (AvgIpc) is 3.31. The minimum atomic E-state index is -5.08. The Bertz CT molecular complexity index is 783. The van der Waals surface area contributed by atoms with E-state index in [0.717, 1.165) is 58.5 Å². The summed E-state index contributed by atoms with van der Waals surface area (Å²) in [4.78, 5) is 26.1. The molecule has 3 aliphatic rings. The van der Waals surface area contributed by atoms with Crippen molar-refractivity contribution >= 4 is 11.9 Å². The van der Waals surface area contributed by atoms with E-state index in [1.807, 2.05) is 4.90 Å². The topological polar surface area (TPSA) is 70.1 Å². The van der Waals surface area contributed by atoms with Gasteiger partial charge in [0.05, 0.1) is 5.56 Å². The fourth-order valence-corrected chi connectivity index (χ4v) is 4.60. The van der Waals surface area contributed by atoms with Crippen LogP contribution < -0.4 is 0 Å². The highest BCUT2D eigenvalue weighted by atomic mass is 19.4. The number of carboxylic acids is 1. The number of carboxylic acid groups (broad SMARTS) is 1. The number of hydrogen-bond donors (Lipinski definition) is 1. The van der Waals surface area contributed by atoms with Gasteiger partial charge in [-0.3, -0.25) is 9.69 Å². The molecular formula is C21H26F4N2O4. The Morgan fingerprint density at radius 1 is 1.03 bits per heavy atom. The summed E-state index contributed by atoms with van der Waals surface area (Å²) in [6.45, 7) is 4.67. The van der Waals surface area contributed by atoms with E-state index in [1.165, 1.54) is 6.07 Å². The van der Waals surface area contributed by atoms with Crippen LogP contribution in [0.2, 0.25) is 0 Å². The zero-order valence-corrected chi connectivity index (χ0v) is 17.0. The van der Waals surface area contributed by atoms with Crippen LogP contribution in [0.3, 0.4) is 0 Å². The van der Waals surface area contributed by atoms with Gasteiger partial charge in [0.2, 0.25) is 0 Å². The van der Waals surface area contributed by atoms with Crippen molar-refractivity contribution in [2.24, 2.45) is 5.92 Å². The maximum absolute atomic E-state index is 14.0. The monoisotopic (exact) mass is 446 g/mol. The molecule has 2 atom stereocenters. The number of nitrogens with zero attached hydrogens (tertiary/aromatic N) is 2. The van der Waals surface area contributed by atoms with Gasteiger partial charge in [-0.25, -0.2) is 9.18 Å². The first-order valence-corrected chi connectivity index (χ1v) is 10.4. The number of aliphatic carboxylic acids is 1. The van der Waals surface area contributed by atoms with Crippen molar-refractivity contribution in [2.75, 3.05) is 32.8 Å². The maximum atomic E-state index is 14.0. The van der Waals surface area contributed by atoms with Gasteiger partial charge in [-0.1, -0.05) is 12.1 Å². The van der Waals surface area contributed by atoms with E-state index in [0.29, 0.717) is 12.0 Å². The Kier molecular flexibility index (Phi) is 7.53. The number of amides is 1. The van der Waals surface area contributed by atoms with Gasteiger partial charge in [0, 0.05) is 44.9 Å². The Morgan fingerprint density at radius 3 is 2.26 bits per heavy atom. The van der Waals surface area contributed by atoms with Crippen LogP contribution >= 0.6 is 0 Å². The number of carbonyl (C=O) groups is 2. The molecule has 0 aromatic heterocycles. The number of alkyl halides is 3. The quantitative estimate of drug-likeness (QED) is 0.723. The van der Waals surface area contributed by atoms with Crippen molar-refractivity contribution in [1.82, 2.24) is 9.80 Å². The summed E-state index contributed by atoms with van der Waals surface area (Å²) in [6.07, 6.45) is -0.778. The molecule has 1 amide bonds. The van der Waals surface area contributed by atoms with Gasteiger partial charge in [-0.15, -0.1) is 0 Å². The predicted molar refractivity (Wildman–Crippen MR) is 103 cm³/mol. The summed E-state index contributed by atoms with van der Waals surface area (Å²) in [5.74, 6) is -2.60. The Morgan fingerprint density at radius 2 is 1.65 bits per heavy atom. The highest BCUT2D eigenvalue weighted by Crippen LogP contribution is 2.34. The summed E-state index contributed by atoms with van der Waals surface area (Å²) in [6, 6.07) is 7.02. The molecule has 3 saturated heterocycles. The van der Waals surface area contributed by atoms with Crippen LogP contribution in [0.15, 0.2) is 24.3 Å². The molecule has 1 aromatic rings. The number of ether oxygens (including phenoxy) is 1. The second-order valence-electron chi connectivity index (χ2n) is 8.04. The van der Waals surface area contributed by atoms with E-state index >= 15 is 0 Å². The van der Waals surface area contributed by atoms with Gasteiger partial charge < -0.3 is 14.7 Å². The molecule has 3 aliphatic heterocycles. The summed E-state index contributed by atoms with van der Waals surface area (Å²) in [7, 11) is 0. The normalized spacial score (nSPS) is 24.5. The number of fused-ring (bicyclic) bond motifs is 1. The molecule has 0 unspecified atom stereocenters. The number of halogens is 4. The molecule has 0 saturated carbocycles. The zero-order chi connectivity index (χ0) is 22.6. The lowest BCUT2D eigenvalue weighted by Gasteiger charge is -2.30.